The first-order valence-corrected chi connectivity index (χ1v) is 6.93. The van der Waals surface area contributed by atoms with Crippen molar-refractivity contribution in [2.45, 2.75) is 6.04 Å². The van der Waals surface area contributed by atoms with Crippen LogP contribution in [0.1, 0.15) is 16.5 Å². The van der Waals surface area contributed by atoms with E-state index in [1.807, 2.05) is 36.7 Å². The fourth-order valence-corrected chi connectivity index (χ4v) is 3.45. The Morgan fingerprint density at radius 2 is 2.06 bits per heavy atom. The van der Waals surface area contributed by atoms with Crippen molar-refractivity contribution in [2.24, 2.45) is 0 Å². The molecule has 0 spiro atoms. The molecular weight excluding hydrogens is 306 g/mol. The van der Waals surface area contributed by atoms with Crippen LogP contribution >= 0.6 is 38.9 Å². The predicted octanol–water partition coefficient (Wildman–Crippen LogP) is 4.47. The lowest BCUT2D eigenvalue weighted by Crippen LogP contribution is -2.17. The highest BCUT2D eigenvalue weighted by molar-refractivity contribution is 9.10. The van der Waals surface area contributed by atoms with E-state index in [2.05, 4.69) is 27.3 Å². The Morgan fingerprint density at radius 1 is 1.31 bits per heavy atom. The Labute approximate surface area is 113 Å². The maximum absolute atomic E-state index is 6.17. The number of halogens is 2. The summed E-state index contributed by atoms with van der Waals surface area (Å²) in [6.07, 6.45) is 0. The van der Waals surface area contributed by atoms with Crippen molar-refractivity contribution in [2.75, 3.05) is 7.05 Å². The third-order valence-corrected chi connectivity index (χ3v) is 4.56. The van der Waals surface area contributed by atoms with E-state index in [1.54, 1.807) is 11.3 Å². The molecule has 2 rings (SSSR count). The fourth-order valence-electron chi connectivity index (χ4n) is 1.65. The first-order chi connectivity index (χ1) is 7.74. The molecule has 0 saturated carbocycles. The van der Waals surface area contributed by atoms with Crippen LogP contribution in [-0.4, -0.2) is 7.05 Å². The molecule has 0 aliphatic heterocycles. The number of hydrogen-bond acceptors (Lipinski definition) is 2. The number of hydrogen-bond donors (Lipinski definition) is 1. The molecule has 1 aromatic carbocycles. The van der Waals surface area contributed by atoms with Crippen LogP contribution in [0, 0.1) is 0 Å². The summed E-state index contributed by atoms with van der Waals surface area (Å²) in [6.45, 7) is 0. The SMILES string of the molecule is CNC(c1ccccc1Br)c1sccc1Cl. The molecule has 0 aliphatic rings. The average molecular weight is 317 g/mol. The molecule has 1 unspecified atom stereocenters. The highest BCUT2D eigenvalue weighted by Gasteiger charge is 2.18. The van der Waals surface area contributed by atoms with Gasteiger partial charge in [-0.2, -0.15) is 0 Å². The van der Waals surface area contributed by atoms with Gasteiger partial charge in [-0.25, -0.2) is 0 Å². The molecular formula is C12H11BrClNS. The van der Waals surface area contributed by atoms with Gasteiger partial charge in [-0.3, -0.25) is 0 Å². The highest BCUT2D eigenvalue weighted by Crippen LogP contribution is 2.35. The number of benzene rings is 1. The maximum atomic E-state index is 6.17. The van der Waals surface area contributed by atoms with Crippen LogP contribution in [0.3, 0.4) is 0 Å². The van der Waals surface area contributed by atoms with Crippen molar-refractivity contribution < 1.29 is 0 Å². The third kappa shape index (κ3) is 2.33. The van der Waals surface area contributed by atoms with Crippen molar-refractivity contribution in [1.29, 1.82) is 0 Å². The third-order valence-electron chi connectivity index (χ3n) is 2.41. The standard InChI is InChI=1S/C12H11BrClNS/c1-15-11(12-10(14)6-7-16-12)8-4-2-3-5-9(8)13/h2-7,11,15H,1H3. The van der Waals surface area contributed by atoms with Gasteiger partial charge < -0.3 is 5.32 Å². The summed E-state index contributed by atoms with van der Waals surface area (Å²) in [5.41, 5.74) is 1.20. The van der Waals surface area contributed by atoms with Crippen LogP contribution in [0.5, 0.6) is 0 Å². The van der Waals surface area contributed by atoms with Crippen LogP contribution in [-0.2, 0) is 0 Å². The van der Waals surface area contributed by atoms with Gasteiger partial charge in [0.2, 0.25) is 0 Å². The number of rotatable bonds is 3. The summed E-state index contributed by atoms with van der Waals surface area (Å²) in [6, 6.07) is 10.3. The molecule has 0 fully saturated rings. The molecule has 84 valence electrons. The van der Waals surface area contributed by atoms with E-state index in [4.69, 9.17) is 11.6 Å². The summed E-state index contributed by atoms with van der Waals surface area (Å²) >= 11 is 11.4. The zero-order valence-corrected chi connectivity index (χ0v) is 11.9. The van der Waals surface area contributed by atoms with E-state index in [1.165, 1.54) is 5.56 Å². The summed E-state index contributed by atoms with van der Waals surface area (Å²) in [7, 11) is 1.94. The van der Waals surface area contributed by atoms with Crippen LogP contribution in [0.15, 0.2) is 40.2 Å². The summed E-state index contributed by atoms with van der Waals surface area (Å²) < 4.78 is 1.10. The Bertz CT molecular complexity index is 483. The minimum Gasteiger partial charge on any atom is -0.309 e. The second-order valence-electron chi connectivity index (χ2n) is 3.38. The largest absolute Gasteiger partial charge is 0.309 e. The van der Waals surface area contributed by atoms with Crippen molar-refractivity contribution in [3.63, 3.8) is 0 Å². The molecule has 1 nitrogen and oxygen atoms in total. The second-order valence-corrected chi connectivity index (χ2v) is 5.59. The minimum atomic E-state index is 0.142. The molecule has 0 aliphatic carbocycles. The van der Waals surface area contributed by atoms with Crippen molar-refractivity contribution in [1.82, 2.24) is 5.32 Å². The van der Waals surface area contributed by atoms with Crippen LogP contribution in [0.4, 0.5) is 0 Å². The number of nitrogens with one attached hydrogen (secondary N) is 1. The zero-order chi connectivity index (χ0) is 11.5. The molecule has 4 heteroatoms. The number of thiophene rings is 1. The van der Waals surface area contributed by atoms with E-state index in [0.29, 0.717) is 0 Å². The minimum absolute atomic E-state index is 0.142. The molecule has 1 heterocycles. The van der Waals surface area contributed by atoms with Gasteiger partial charge in [0.25, 0.3) is 0 Å². The monoisotopic (exact) mass is 315 g/mol. The summed E-state index contributed by atoms with van der Waals surface area (Å²) in [5.74, 6) is 0. The molecule has 1 N–H and O–H groups in total. The van der Waals surface area contributed by atoms with Crippen molar-refractivity contribution in [3.05, 3.63) is 55.6 Å². The Kier molecular flexibility index (Phi) is 4.03. The normalized spacial score (nSPS) is 12.7. The summed E-state index contributed by atoms with van der Waals surface area (Å²) in [5, 5.41) is 6.13. The summed E-state index contributed by atoms with van der Waals surface area (Å²) in [4.78, 5) is 1.15. The lowest BCUT2D eigenvalue weighted by Gasteiger charge is -2.17. The van der Waals surface area contributed by atoms with Gasteiger partial charge in [-0.15, -0.1) is 11.3 Å². The first kappa shape index (κ1) is 12.1. The molecule has 16 heavy (non-hydrogen) atoms. The van der Waals surface area contributed by atoms with Gasteiger partial charge in [0.1, 0.15) is 0 Å². The van der Waals surface area contributed by atoms with E-state index < -0.39 is 0 Å². The highest BCUT2D eigenvalue weighted by atomic mass is 79.9. The van der Waals surface area contributed by atoms with Crippen LogP contribution in [0.25, 0.3) is 0 Å². The zero-order valence-electron chi connectivity index (χ0n) is 8.71. The van der Waals surface area contributed by atoms with Gasteiger partial charge in [-0.05, 0) is 30.1 Å². The molecule has 2 aromatic rings. The van der Waals surface area contributed by atoms with Gasteiger partial charge in [0.05, 0.1) is 11.1 Å². The second kappa shape index (κ2) is 5.32. The molecule has 0 amide bonds. The van der Waals surface area contributed by atoms with Crippen LogP contribution < -0.4 is 5.32 Å². The van der Waals surface area contributed by atoms with Gasteiger partial charge in [0, 0.05) is 9.35 Å². The van der Waals surface area contributed by atoms with Crippen molar-refractivity contribution in [3.8, 4) is 0 Å². The Hall–Kier alpha value is -0.350. The van der Waals surface area contributed by atoms with E-state index in [-0.39, 0.29) is 6.04 Å². The Balaban J connectivity index is 2.45. The Morgan fingerprint density at radius 3 is 2.62 bits per heavy atom. The lowest BCUT2D eigenvalue weighted by atomic mass is 10.1. The molecule has 0 saturated heterocycles. The predicted molar refractivity (Wildman–Crippen MR) is 74.4 cm³/mol. The quantitative estimate of drug-likeness (QED) is 0.881. The molecule has 1 atom stereocenters. The van der Waals surface area contributed by atoms with Crippen molar-refractivity contribution >= 4 is 38.9 Å². The fraction of sp³-hybridized carbons (Fsp3) is 0.167. The topological polar surface area (TPSA) is 12.0 Å². The van der Waals surface area contributed by atoms with Crippen LogP contribution in [0.2, 0.25) is 5.02 Å². The first-order valence-electron chi connectivity index (χ1n) is 4.88. The molecule has 1 aromatic heterocycles. The van der Waals surface area contributed by atoms with Gasteiger partial charge in [-0.1, -0.05) is 45.7 Å². The lowest BCUT2D eigenvalue weighted by molar-refractivity contribution is 0.701. The van der Waals surface area contributed by atoms with Gasteiger partial charge in [0.15, 0.2) is 0 Å². The molecule has 0 bridgehead atoms. The average Bonchev–Trinajstić information content (AvgIpc) is 2.69. The molecule has 0 radical (unpaired) electrons. The van der Waals surface area contributed by atoms with E-state index in [0.717, 1.165) is 14.4 Å². The van der Waals surface area contributed by atoms with E-state index >= 15 is 0 Å². The van der Waals surface area contributed by atoms with Gasteiger partial charge >= 0.3 is 0 Å². The smallest absolute Gasteiger partial charge is 0.0694 e. The van der Waals surface area contributed by atoms with E-state index in [9.17, 15) is 0 Å². The maximum Gasteiger partial charge on any atom is 0.0694 e.